The number of benzene rings is 2. The average Bonchev–Trinajstić information content (AvgIpc) is 3.23. The SMILES string of the molecule is Cc1cccc(Oc2ccc(C(N)C3=CN3)cc2)c1. The highest BCUT2D eigenvalue weighted by molar-refractivity contribution is 5.38. The number of ether oxygens (including phenoxy) is 1. The minimum Gasteiger partial charge on any atom is -0.457 e. The molecule has 0 aliphatic carbocycles. The highest BCUT2D eigenvalue weighted by Crippen LogP contribution is 2.26. The molecule has 1 heterocycles. The van der Waals surface area contributed by atoms with Crippen molar-refractivity contribution in [1.29, 1.82) is 0 Å². The van der Waals surface area contributed by atoms with Gasteiger partial charge in [-0.3, -0.25) is 0 Å². The van der Waals surface area contributed by atoms with E-state index in [1.54, 1.807) is 0 Å². The maximum absolute atomic E-state index is 6.05. The number of nitrogens with two attached hydrogens (primary N) is 1. The minimum absolute atomic E-state index is 0.0620. The molecule has 0 fully saturated rings. The highest BCUT2D eigenvalue weighted by Gasteiger charge is 2.17. The molecule has 0 saturated heterocycles. The van der Waals surface area contributed by atoms with Crippen molar-refractivity contribution in [3.63, 3.8) is 0 Å². The summed E-state index contributed by atoms with van der Waals surface area (Å²) in [6.45, 7) is 2.05. The van der Waals surface area contributed by atoms with E-state index in [1.807, 2.05) is 61.7 Å². The van der Waals surface area contributed by atoms with Gasteiger partial charge in [0.15, 0.2) is 0 Å². The van der Waals surface area contributed by atoms with Crippen molar-refractivity contribution in [2.75, 3.05) is 0 Å². The van der Waals surface area contributed by atoms with Crippen molar-refractivity contribution >= 4 is 0 Å². The van der Waals surface area contributed by atoms with Crippen molar-refractivity contribution in [2.45, 2.75) is 13.0 Å². The van der Waals surface area contributed by atoms with Gasteiger partial charge in [-0.05, 0) is 42.3 Å². The van der Waals surface area contributed by atoms with Crippen LogP contribution in [0.1, 0.15) is 17.2 Å². The first-order valence-corrected chi connectivity index (χ1v) is 6.29. The smallest absolute Gasteiger partial charge is 0.127 e. The maximum atomic E-state index is 6.05. The first-order valence-electron chi connectivity index (χ1n) is 6.29. The molecule has 3 N–H and O–H groups in total. The lowest BCUT2D eigenvalue weighted by Gasteiger charge is -2.10. The molecule has 0 bridgehead atoms. The van der Waals surface area contributed by atoms with Crippen molar-refractivity contribution in [2.24, 2.45) is 5.73 Å². The summed E-state index contributed by atoms with van der Waals surface area (Å²) in [4.78, 5) is 0. The number of hydrogen-bond donors (Lipinski definition) is 2. The van der Waals surface area contributed by atoms with Gasteiger partial charge in [-0.25, -0.2) is 0 Å². The van der Waals surface area contributed by atoms with Crippen LogP contribution >= 0.6 is 0 Å². The summed E-state index contributed by atoms with van der Waals surface area (Å²) in [5.74, 6) is 1.67. The summed E-state index contributed by atoms with van der Waals surface area (Å²) in [5, 5.41) is 3.03. The molecule has 3 rings (SSSR count). The molecular weight excluding hydrogens is 236 g/mol. The predicted molar refractivity (Wildman–Crippen MR) is 75.8 cm³/mol. The van der Waals surface area contributed by atoms with Crippen molar-refractivity contribution < 1.29 is 4.74 Å². The fraction of sp³-hybridized carbons (Fsp3) is 0.125. The number of hydrogen-bond acceptors (Lipinski definition) is 3. The first-order chi connectivity index (χ1) is 9.22. The van der Waals surface area contributed by atoms with Gasteiger partial charge in [0.25, 0.3) is 0 Å². The zero-order chi connectivity index (χ0) is 13.2. The molecule has 0 radical (unpaired) electrons. The van der Waals surface area contributed by atoms with Crippen LogP contribution < -0.4 is 15.8 Å². The second kappa shape index (κ2) is 4.78. The van der Waals surface area contributed by atoms with Crippen LogP contribution in [-0.2, 0) is 0 Å². The van der Waals surface area contributed by atoms with Crippen LogP contribution in [0.2, 0.25) is 0 Å². The van der Waals surface area contributed by atoms with Crippen LogP contribution in [0, 0.1) is 6.92 Å². The third kappa shape index (κ3) is 2.77. The molecule has 2 aromatic carbocycles. The lowest BCUT2D eigenvalue weighted by atomic mass is 10.1. The second-order valence-corrected chi connectivity index (χ2v) is 4.71. The Labute approximate surface area is 112 Å². The van der Waals surface area contributed by atoms with Gasteiger partial charge in [0, 0.05) is 6.20 Å². The third-order valence-electron chi connectivity index (χ3n) is 3.11. The summed E-state index contributed by atoms with van der Waals surface area (Å²) in [6.07, 6.45) is 1.92. The van der Waals surface area contributed by atoms with Crippen LogP contribution in [0.4, 0.5) is 0 Å². The van der Waals surface area contributed by atoms with E-state index in [-0.39, 0.29) is 6.04 Å². The average molecular weight is 252 g/mol. The summed E-state index contributed by atoms with van der Waals surface area (Å²) in [6, 6.07) is 15.8. The molecule has 0 spiro atoms. The van der Waals surface area contributed by atoms with Crippen molar-refractivity contribution in [3.05, 3.63) is 71.6 Å². The third-order valence-corrected chi connectivity index (χ3v) is 3.11. The highest BCUT2D eigenvalue weighted by atomic mass is 16.5. The Kier molecular flexibility index (Phi) is 2.97. The fourth-order valence-corrected chi connectivity index (χ4v) is 1.96. The number of aryl methyl sites for hydroxylation is 1. The second-order valence-electron chi connectivity index (χ2n) is 4.71. The van der Waals surface area contributed by atoms with E-state index in [0.29, 0.717) is 0 Å². The zero-order valence-corrected chi connectivity index (χ0v) is 10.8. The van der Waals surface area contributed by atoms with Gasteiger partial charge in [0.2, 0.25) is 0 Å². The van der Waals surface area contributed by atoms with E-state index < -0.39 is 0 Å². The largest absolute Gasteiger partial charge is 0.457 e. The first kappa shape index (κ1) is 11.8. The molecule has 0 aromatic heterocycles. The van der Waals surface area contributed by atoms with E-state index in [9.17, 15) is 0 Å². The molecule has 3 nitrogen and oxygen atoms in total. The molecular formula is C16H16N2O. The molecule has 19 heavy (non-hydrogen) atoms. The number of nitrogens with one attached hydrogen (secondary N) is 1. The van der Waals surface area contributed by atoms with Gasteiger partial charge >= 0.3 is 0 Å². The predicted octanol–water partition coefficient (Wildman–Crippen LogP) is 3.23. The van der Waals surface area contributed by atoms with E-state index >= 15 is 0 Å². The van der Waals surface area contributed by atoms with Crippen molar-refractivity contribution in [1.82, 2.24) is 5.32 Å². The molecule has 0 saturated carbocycles. The van der Waals surface area contributed by atoms with Gasteiger partial charge in [0.1, 0.15) is 11.5 Å². The van der Waals surface area contributed by atoms with E-state index in [4.69, 9.17) is 10.5 Å². The normalized spacial score (nSPS) is 14.3. The Morgan fingerprint density at radius 1 is 1.05 bits per heavy atom. The minimum atomic E-state index is -0.0620. The Hall–Kier alpha value is -2.26. The van der Waals surface area contributed by atoms with E-state index in [1.165, 1.54) is 5.56 Å². The van der Waals surface area contributed by atoms with Gasteiger partial charge in [-0.2, -0.15) is 0 Å². The standard InChI is InChI=1S/C16H16N2O/c1-11-3-2-4-14(9-11)19-13-7-5-12(6-8-13)16(17)15-10-18-15/h2-10,16,18H,17H2,1H3. The molecule has 1 aliphatic rings. The van der Waals surface area contributed by atoms with Crippen LogP contribution in [-0.4, -0.2) is 0 Å². The molecule has 2 aromatic rings. The molecule has 96 valence electrons. The molecule has 1 aliphatic heterocycles. The quantitative estimate of drug-likeness (QED) is 0.878. The topological polar surface area (TPSA) is 57.2 Å². The lowest BCUT2D eigenvalue weighted by Crippen LogP contribution is -2.11. The van der Waals surface area contributed by atoms with Crippen LogP contribution in [0.15, 0.2) is 60.4 Å². The Morgan fingerprint density at radius 3 is 2.42 bits per heavy atom. The van der Waals surface area contributed by atoms with Crippen LogP contribution in [0.3, 0.4) is 0 Å². The number of rotatable bonds is 4. The van der Waals surface area contributed by atoms with Crippen LogP contribution in [0.5, 0.6) is 11.5 Å². The van der Waals surface area contributed by atoms with Crippen molar-refractivity contribution in [3.8, 4) is 11.5 Å². The maximum Gasteiger partial charge on any atom is 0.127 e. The fourth-order valence-electron chi connectivity index (χ4n) is 1.96. The van der Waals surface area contributed by atoms with E-state index in [2.05, 4.69) is 5.32 Å². The molecule has 1 atom stereocenters. The monoisotopic (exact) mass is 252 g/mol. The Balaban J connectivity index is 1.73. The zero-order valence-electron chi connectivity index (χ0n) is 10.8. The molecule has 0 amide bonds. The van der Waals surface area contributed by atoms with Gasteiger partial charge in [-0.1, -0.05) is 24.3 Å². The summed E-state index contributed by atoms with van der Waals surface area (Å²) in [5.41, 5.74) is 9.39. The Bertz CT molecular complexity index is 617. The van der Waals surface area contributed by atoms with Gasteiger partial charge in [-0.15, -0.1) is 0 Å². The van der Waals surface area contributed by atoms with Gasteiger partial charge < -0.3 is 15.8 Å². The summed E-state index contributed by atoms with van der Waals surface area (Å²) in [7, 11) is 0. The molecule has 1 unspecified atom stereocenters. The van der Waals surface area contributed by atoms with Crippen LogP contribution in [0.25, 0.3) is 0 Å². The lowest BCUT2D eigenvalue weighted by molar-refractivity contribution is 0.482. The Morgan fingerprint density at radius 2 is 1.79 bits per heavy atom. The molecule has 3 heteroatoms. The van der Waals surface area contributed by atoms with Gasteiger partial charge in [0.05, 0.1) is 11.7 Å². The summed E-state index contributed by atoms with van der Waals surface area (Å²) >= 11 is 0. The summed E-state index contributed by atoms with van der Waals surface area (Å²) < 4.78 is 5.80. The van der Waals surface area contributed by atoms with E-state index in [0.717, 1.165) is 22.8 Å².